The zero-order chi connectivity index (χ0) is 22.4. The maximum Gasteiger partial charge on any atom is 0.335 e. The van der Waals surface area contributed by atoms with Crippen LogP contribution in [0.3, 0.4) is 0 Å². The van der Waals surface area contributed by atoms with Crippen LogP contribution < -0.4 is 4.74 Å². The summed E-state index contributed by atoms with van der Waals surface area (Å²) in [5.74, 6) is -2.76. The molecule has 0 amide bonds. The van der Waals surface area contributed by atoms with E-state index >= 15 is 0 Å². The molecule has 0 radical (unpaired) electrons. The van der Waals surface area contributed by atoms with Gasteiger partial charge in [-0.2, -0.15) is 0 Å². The molecular weight excluding hydrogens is 486 g/mol. The van der Waals surface area contributed by atoms with Crippen molar-refractivity contribution in [2.24, 2.45) is 0 Å². The fourth-order valence-corrected chi connectivity index (χ4v) is 2.94. The van der Waals surface area contributed by atoms with E-state index in [1.807, 2.05) is 0 Å². The lowest BCUT2D eigenvalue weighted by molar-refractivity contribution is 0.0686. The first-order chi connectivity index (χ1) is 14.1. The molecule has 0 aliphatic rings. The third-order valence-corrected chi connectivity index (χ3v) is 4.67. The van der Waals surface area contributed by atoms with Crippen LogP contribution in [-0.4, -0.2) is 29.3 Å². The number of halogens is 4. The first-order valence-electron chi connectivity index (χ1n) is 8.19. The molecule has 0 atom stereocenters. The quantitative estimate of drug-likeness (QED) is 0.450. The molecule has 0 aliphatic carbocycles. The van der Waals surface area contributed by atoms with E-state index in [4.69, 9.17) is 26.6 Å². The summed E-state index contributed by atoms with van der Waals surface area (Å²) in [4.78, 5) is 21.3. The van der Waals surface area contributed by atoms with Crippen molar-refractivity contribution in [2.75, 3.05) is 7.11 Å². The fourth-order valence-electron chi connectivity index (χ4n) is 2.38. The van der Waals surface area contributed by atoms with Gasteiger partial charge in [-0.05, 0) is 70.5 Å². The lowest BCUT2D eigenvalue weighted by Crippen LogP contribution is -1.98. The van der Waals surface area contributed by atoms with Crippen LogP contribution in [0.2, 0.25) is 5.02 Å². The lowest BCUT2D eigenvalue weighted by atomic mass is 10.0. The summed E-state index contributed by atoms with van der Waals surface area (Å²) >= 11 is 8.76. The summed E-state index contributed by atoms with van der Waals surface area (Å²) in [6.07, 6.45) is 0. The SMILES string of the molecule is COc1ccc(Cl)cc1-c1cc(C(=O)O)ccc1F.O=C(O)c1ccc(F)c(Br)c1. The maximum absolute atomic E-state index is 13.9. The molecule has 0 bridgehead atoms. The number of aromatic carboxylic acids is 2. The third kappa shape index (κ3) is 5.77. The summed E-state index contributed by atoms with van der Waals surface area (Å²) in [5.41, 5.74) is 0.617. The average Bonchev–Trinajstić information content (AvgIpc) is 2.70. The fraction of sp³-hybridized carbons (Fsp3) is 0.0476. The second kappa shape index (κ2) is 10.2. The van der Waals surface area contributed by atoms with Crippen molar-refractivity contribution in [3.05, 3.63) is 86.9 Å². The van der Waals surface area contributed by atoms with E-state index in [1.54, 1.807) is 12.1 Å². The summed E-state index contributed by atoms with van der Waals surface area (Å²) in [6.45, 7) is 0. The van der Waals surface area contributed by atoms with Gasteiger partial charge in [-0.1, -0.05) is 11.6 Å². The van der Waals surface area contributed by atoms with E-state index in [9.17, 15) is 18.4 Å². The van der Waals surface area contributed by atoms with Gasteiger partial charge in [0.05, 0.1) is 22.7 Å². The molecule has 5 nitrogen and oxygen atoms in total. The van der Waals surface area contributed by atoms with Crippen molar-refractivity contribution < 1.29 is 33.3 Å². The highest BCUT2D eigenvalue weighted by atomic mass is 79.9. The smallest absolute Gasteiger partial charge is 0.335 e. The molecule has 3 rings (SSSR count). The second-order valence-electron chi connectivity index (χ2n) is 5.78. The minimum atomic E-state index is -1.12. The van der Waals surface area contributed by atoms with Gasteiger partial charge in [-0.15, -0.1) is 0 Å². The van der Waals surface area contributed by atoms with Gasteiger partial charge in [-0.25, -0.2) is 18.4 Å². The van der Waals surface area contributed by atoms with Crippen molar-refractivity contribution in [1.82, 2.24) is 0 Å². The van der Waals surface area contributed by atoms with E-state index in [2.05, 4.69) is 15.9 Å². The average molecular weight is 500 g/mol. The van der Waals surface area contributed by atoms with Gasteiger partial charge in [0.1, 0.15) is 17.4 Å². The Balaban J connectivity index is 0.000000248. The van der Waals surface area contributed by atoms with Crippen LogP contribution in [0.25, 0.3) is 11.1 Å². The molecule has 0 unspecified atom stereocenters. The van der Waals surface area contributed by atoms with E-state index < -0.39 is 23.6 Å². The molecule has 0 saturated carbocycles. The molecule has 30 heavy (non-hydrogen) atoms. The number of hydrogen-bond donors (Lipinski definition) is 2. The van der Waals surface area contributed by atoms with Gasteiger partial charge in [0.2, 0.25) is 0 Å². The number of carboxylic acids is 2. The van der Waals surface area contributed by atoms with Crippen LogP contribution in [0.5, 0.6) is 5.75 Å². The van der Waals surface area contributed by atoms with Crippen LogP contribution in [0.1, 0.15) is 20.7 Å². The number of carbonyl (C=O) groups is 2. The minimum Gasteiger partial charge on any atom is -0.496 e. The normalized spacial score (nSPS) is 10.0. The standard InChI is InChI=1S/C14H10ClFO3.C7H4BrFO2/c1-19-13-5-3-9(15)7-11(13)10-6-8(14(17)18)2-4-12(10)16;8-5-3-4(7(10)11)1-2-6(5)9/h2-7H,1H3,(H,17,18);1-3H,(H,10,11). The number of benzene rings is 3. The molecule has 0 saturated heterocycles. The Hall–Kier alpha value is -2.97. The molecule has 9 heteroatoms. The van der Waals surface area contributed by atoms with E-state index in [-0.39, 0.29) is 21.2 Å². The minimum absolute atomic E-state index is 0.00146. The zero-order valence-electron chi connectivity index (χ0n) is 15.3. The monoisotopic (exact) mass is 498 g/mol. The van der Waals surface area contributed by atoms with Crippen LogP contribution >= 0.6 is 27.5 Å². The Morgan fingerprint density at radius 1 is 0.867 bits per heavy atom. The summed E-state index contributed by atoms with van der Waals surface area (Å²) in [7, 11) is 1.45. The van der Waals surface area contributed by atoms with Crippen molar-refractivity contribution in [3.63, 3.8) is 0 Å². The summed E-state index contributed by atoms with van der Waals surface area (Å²) < 4.78 is 31.7. The second-order valence-corrected chi connectivity index (χ2v) is 7.07. The zero-order valence-corrected chi connectivity index (χ0v) is 17.7. The predicted octanol–water partition coefficient (Wildman–Crippen LogP) is 6.14. The largest absolute Gasteiger partial charge is 0.496 e. The molecule has 0 aliphatic heterocycles. The highest BCUT2D eigenvalue weighted by Crippen LogP contribution is 2.34. The van der Waals surface area contributed by atoms with Gasteiger partial charge in [0.25, 0.3) is 0 Å². The highest BCUT2D eigenvalue weighted by Gasteiger charge is 2.14. The molecule has 0 fully saturated rings. The Morgan fingerprint density at radius 3 is 1.97 bits per heavy atom. The van der Waals surface area contributed by atoms with Crippen molar-refractivity contribution >= 4 is 39.5 Å². The number of carboxylic acid groups (broad SMARTS) is 2. The molecular formula is C21H14BrClF2O5. The predicted molar refractivity (Wildman–Crippen MR) is 111 cm³/mol. The van der Waals surface area contributed by atoms with Gasteiger partial charge in [-0.3, -0.25) is 0 Å². The lowest BCUT2D eigenvalue weighted by Gasteiger charge is -2.10. The van der Waals surface area contributed by atoms with Crippen LogP contribution in [0.15, 0.2) is 59.1 Å². The Kier molecular flexibility index (Phi) is 7.91. The molecule has 3 aromatic rings. The molecule has 0 spiro atoms. The molecule has 0 aromatic heterocycles. The molecule has 0 heterocycles. The van der Waals surface area contributed by atoms with Gasteiger partial charge in [0, 0.05) is 16.1 Å². The number of rotatable bonds is 4. The first kappa shape index (κ1) is 23.3. The number of hydrogen-bond acceptors (Lipinski definition) is 3. The third-order valence-electron chi connectivity index (χ3n) is 3.83. The Morgan fingerprint density at radius 2 is 1.43 bits per heavy atom. The summed E-state index contributed by atoms with van der Waals surface area (Å²) in [5, 5.41) is 17.8. The van der Waals surface area contributed by atoms with E-state index in [1.165, 1.54) is 37.4 Å². The van der Waals surface area contributed by atoms with Gasteiger partial charge < -0.3 is 14.9 Å². The topological polar surface area (TPSA) is 83.8 Å². The number of methoxy groups -OCH3 is 1. The molecule has 156 valence electrons. The number of ether oxygens (including phenoxy) is 1. The van der Waals surface area contributed by atoms with Crippen molar-refractivity contribution in [2.45, 2.75) is 0 Å². The van der Waals surface area contributed by atoms with Gasteiger partial charge >= 0.3 is 11.9 Å². The van der Waals surface area contributed by atoms with Crippen LogP contribution in [0, 0.1) is 11.6 Å². The van der Waals surface area contributed by atoms with Crippen molar-refractivity contribution in [1.29, 1.82) is 0 Å². The maximum atomic E-state index is 13.9. The highest BCUT2D eigenvalue weighted by molar-refractivity contribution is 9.10. The summed E-state index contributed by atoms with van der Waals surface area (Å²) in [6, 6.07) is 11.9. The first-order valence-corrected chi connectivity index (χ1v) is 9.36. The van der Waals surface area contributed by atoms with Crippen molar-refractivity contribution in [3.8, 4) is 16.9 Å². The molecule has 3 aromatic carbocycles. The Bertz CT molecular complexity index is 1100. The van der Waals surface area contributed by atoms with Crippen LogP contribution in [0.4, 0.5) is 8.78 Å². The van der Waals surface area contributed by atoms with E-state index in [0.717, 1.165) is 12.1 Å². The Labute approximate surface area is 183 Å². The van der Waals surface area contributed by atoms with E-state index in [0.29, 0.717) is 16.3 Å². The molecule has 2 N–H and O–H groups in total. The van der Waals surface area contributed by atoms with Crippen LogP contribution in [-0.2, 0) is 0 Å². The van der Waals surface area contributed by atoms with Gasteiger partial charge in [0.15, 0.2) is 0 Å².